The van der Waals surface area contributed by atoms with Gasteiger partial charge in [-0.1, -0.05) is 97.1 Å². The van der Waals surface area contributed by atoms with E-state index in [1.807, 2.05) is 18.2 Å². The first-order chi connectivity index (χ1) is 15.4. The molecule has 0 N–H and O–H groups in total. The molecule has 1 aliphatic rings. The van der Waals surface area contributed by atoms with Gasteiger partial charge in [0.15, 0.2) is 0 Å². The molecule has 5 rings (SSSR count). The lowest BCUT2D eigenvalue weighted by Crippen LogP contribution is -2.30. The second-order valence-electron chi connectivity index (χ2n) is 7.42. The predicted molar refractivity (Wildman–Crippen MR) is 127 cm³/mol. The van der Waals surface area contributed by atoms with Crippen LogP contribution in [0.2, 0.25) is 0 Å². The van der Waals surface area contributed by atoms with Crippen LogP contribution < -0.4 is 0 Å². The van der Waals surface area contributed by atoms with Gasteiger partial charge >= 0.3 is 0 Å². The van der Waals surface area contributed by atoms with Gasteiger partial charge in [-0.2, -0.15) is 0 Å². The van der Waals surface area contributed by atoms with Crippen molar-refractivity contribution < 1.29 is 0 Å². The third-order valence-corrected chi connectivity index (χ3v) is 5.16. The largest absolute Gasteiger partial charge is 0.348 e. The van der Waals surface area contributed by atoms with Crippen molar-refractivity contribution in [3.8, 4) is 0 Å². The highest BCUT2D eigenvalue weighted by atomic mass is 15.4. The lowest BCUT2D eigenvalue weighted by molar-refractivity contribution is 0.143. The molecule has 2 heterocycles. The minimum absolute atomic E-state index is 0.224. The summed E-state index contributed by atoms with van der Waals surface area (Å²) in [4.78, 5) is 8.61. The number of hydrogen-bond acceptors (Lipinski definition) is 3. The van der Waals surface area contributed by atoms with Gasteiger partial charge in [-0.25, -0.2) is 0 Å². The molecule has 0 aliphatic carbocycles. The maximum Gasteiger partial charge on any atom is 0.128 e. The fraction of sp³-hybridized carbons (Fsp3) is 0.107. The highest BCUT2D eigenvalue weighted by Gasteiger charge is 2.27. The van der Waals surface area contributed by atoms with Crippen molar-refractivity contribution in [1.29, 1.82) is 0 Å². The zero-order valence-corrected chi connectivity index (χ0v) is 17.5. The standard InChI is InChI=1S/C23H22N2.C5H5N/c1-4-10-20(11-5-1)18-24-16-17-25(19-21-12-6-2-7-13-21)23(24)22-14-8-3-9-15-22;1-2-4-6-5-3-1/h1-17,23H,18-19H2;1-5H. The Morgan fingerprint density at radius 3 is 1.32 bits per heavy atom. The highest BCUT2D eigenvalue weighted by Crippen LogP contribution is 2.33. The van der Waals surface area contributed by atoms with E-state index in [0.717, 1.165) is 13.1 Å². The molecule has 0 fully saturated rings. The summed E-state index contributed by atoms with van der Waals surface area (Å²) < 4.78 is 0. The quantitative estimate of drug-likeness (QED) is 0.391. The molecule has 1 aromatic heterocycles. The molecular formula is C28H27N3. The molecule has 154 valence electrons. The van der Waals surface area contributed by atoms with E-state index in [1.165, 1.54) is 16.7 Å². The van der Waals surface area contributed by atoms with Crippen molar-refractivity contribution in [3.05, 3.63) is 151 Å². The Balaban J connectivity index is 0.000000334. The van der Waals surface area contributed by atoms with E-state index in [4.69, 9.17) is 0 Å². The smallest absolute Gasteiger partial charge is 0.128 e. The topological polar surface area (TPSA) is 19.4 Å². The van der Waals surface area contributed by atoms with Gasteiger partial charge in [0.1, 0.15) is 6.17 Å². The van der Waals surface area contributed by atoms with Crippen LogP contribution in [-0.2, 0) is 13.1 Å². The molecule has 4 aromatic rings. The molecule has 1 aliphatic heterocycles. The predicted octanol–water partition coefficient (Wildman–Crippen LogP) is 6.26. The summed E-state index contributed by atoms with van der Waals surface area (Å²) in [5.74, 6) is 0. The molecule has 3 nitrogen and oxygen atoms in total. The van der Waals surface area contributed by atoms with Crippen LogP contribution in [0.4, 0.5) is 0 Å². The van der Waals surface area contributed by atoms with Crippen LogP contribution in [0.3, 0.4) is 0 Å². The monoisotopic (exact) mass is 405 g/mol. The number of benzene rings is 3. The van der Waals surface area contributed by atoms with Crippen molar-refractivity contribution in [1.82, 2.24) is 14.8 Å². The number of nitrogens with zero attached hydrogens (tertiary/aromatic N) is 3. The molecule has 0 unspecified atom stereocenters. The molecule has 0 radical (unpaired) electrons. The molecule has 31 heavy (non-hydrogen) atoms. The molecule has 0 saturated carbocycles. The summed E-state index contributed by atoms with van der Waals surface area (Å²) in [5, 5.41) is 0. The Kier molecular flexibility index (Phi) is 7.11. The first-order valence-corrected chi connectivity index (χ1v) is 10.6. The Morgan fingerprint density at radius 2 is 0.935 bits per heavy atom. The van der Waals surface area contributed by atoms with E-state index in [0.29, 0.717) is 0 Å². The number of pyridine rings is 1. The minimum atomic E-state index is 0.224. The molecule has 0 amide bonds. The zero-order valence-electron chi connectivity index (χ0n) is 17.5. The molecule has 3 aromatic carbocycles. The van der Waals surface area contributed by atoms with Gasteiger partial charge < -0.3 is 9.80 Å². The van der Waals surface area contributed by atoms with E-state index in [2.05, 4.69) is 118 Å². The van der Waals surface area contributed by atoms with Gasteiger partial charge in [-0.05, 0) is 28.8 Å². The SMILES string of the molecule is C1=CN(Cc2ccccc2)C(c2ccccc2)N1Cc1ccccc1.c1ccncc1. The summed E-state index contributed by atoms with van der Waals surface area (Å²) in [7, 11) is 0. The van der Waals surface area contributed by atoms with Crippen molar-refractivity contribution in [2.75, 3.05) is 0 Å². The van der Waals surface area contributed by atoms with Crippen LogP contribution in [0.15, 0.2) is 134 Å². The highest BCUT2D eigenvalue weighted by molar-refractivity contribution is 5.25. The Bertz CT molecular complexity index is 956. The normalized spacial score (nSPS) is 13.0. The van der Waals surface area contributed by atoms with Crippen LogP contribution >= 0.6 is 0 Å². The molecule has 0 atom stereocenters. The second kappa shape index (κ2) is 10.8. The van der Waals surface area contributed by atoms with E-state index in [9.17, 15) is 0 Å². The average molecular weight is 406 g/mol. The summed E-state index contributed by atoms with van der Waals surface area (Å²) in [6.45, 7) is 1.81. The fourth-order valence-electron chi connectivity index (χ4n) is 3.71. The van der Waals surface area contributed by atoms with Crippen LogP contribution in [-0.4, -0.2) is 14.8 Å². The van der Waals surface area contributed by atoms with Crippen molar-refractivity contribution in [3.63, 3.8) is 0 Å². The van der Waals surface area contributed by atoms with Crippen LogP contribution in [0.1, 0.15) is 22.9 Å². The van der Waals surface area contributed by atoms with E-state index in [-0.39, 0.29) is 6.17 Å². The number of aromatic nitrogens is 1. The third-order valence-electron chi connectivity index (χ3n) is 5.16. The molecule has 3 heteroatoms. The summed E-state index contributed by atoms with van der Waals surface area (Å²) in [6.07, 6.45) is 8.16. The van der Waals surface area contributed by atoms with Crippen molar-refractivity contribution in [2.24, 2.45) is 0 Å². The van der Waals surface area contributed by atoms with Crippen LogP contribution in [0.25, 0.3) is 0 Å². The number of hydrogen-bond donors (Lipinski definition) is 0. The zero-order chi connectivity index (χ0) is 21.1. The average Bonchev–Trinajstić information content (AvgIpc) is 3.24. The Morgan fingerprint density at radius 1 is 0.516 bits per heavy atom. The van der Waals surface area contributed by atoms with Gasteiger partial charge in [-0.15, -0.1) is 0 Å². The van der Waals surface area contributed by atoms with Gasteiger partial charge in [0, 0.05) is 37.9 Å². The van der Waals surface area contributed by atoms with Gasteiger partial charge in [-0.3, -0.25) is 4.98 Å². The molecule has 0 saturated heterocycles. The fourth-order valence-corrected chi connectivity index (χ4v) is 3.71. The van der Waals surface area contributed by atoms with Crippen molar-refractivity contribution in [2.45, 2.75) is 19.3 Å². The summed E-state index contributed by atoms with van der Waals surface area (Å²) in [5.41, 5.74) is 3.98. The van der Waals surface area contributed by atoms with Crippen LogP contribution in [0.5, 0.6) is 0 Å². The second-order valence-corrected chi connectivity index (χ2v) is 7.42. The summed E-state index contributed by atoms with van der Waals surface area (Å²) >= 11 is 0. The number of rotatable bonds is 5. The van der Waals surface area contributed by atoms with Crippen molar-refractivity contribution >= 4 is 0 Å². The molecule has 0 spiro atoms. The molecular weight excluding hydrogens is 378 g/mol. The minimum Gasteiger partial charge on any atom is -0.348 e. The lowest BCUT2D eigenvalue weighted by atomic mass is 10.1. The summed E-state index contributed by atoms with van der Waals surface area (Å²) in [6, 6.07) is 37.8. The van der Waals surface area contributed by atoms with Gasteiger partial charge in [0.05, 0.1) is 0 Å². The first-order valence-electron chi connectivity index (χ1n) is 10.6. The Hall–Kier alpha value is -3.85. The van der Waals surface area contributed by atoms with E-state index >= 15 is 0 Å². The Labute approximate surface area is 184 Å². The van der Waals surface area contributed by atoms with Gasteiger partial charge in [0.2, 0.25) is 0 Å². The molecule has 0 bridgehead atoms. The third kappa shape index (κ3) is 5.83. The van der Waals surface area contributed by atoms with E-state index in [1.54, 1.807) is 12.4 Å². The first kappa shape index (κ1) is 20.4. The maximum atomic E-state index is 3.78. The maximum absolute atomic E-state index is 3.78. The van der Waals surface area contributed by atoms with E-state index < -0.39 is 0 Å². The lowest BCUT2D eigenvalue weighted by Gasteiger charge is -2.33. The van der Waals surface area contributed by atoms with Crippen LogP contribution in [0, 0.1) is 0 Å². The van der Waals surface area contributed by atoms with Gasteiger partial charge in [0.25, 0.3) is 0 Å².